The van der Waals surface area contributed by atoms with E-state index in [1.807, 2.05) is 36.4 Å². The van der Waals surface area contributed by atoms with Gasteiger partial charge in [0.25, 0.3) is 5.91 Å². The van der Waals surface area contributed by atoms with Gasteiger partial charge in [0.2, 0.25) is 5.89 Å². The first-order chi connectivity index (χ1) is 13.2. The molecule has 0 aliphatic carbocycles. The fourth-order valence-electron chi connectivity index (χ4n) is 2.98. The van der Waals surface area contributed by atoms with Gasteiger partial charge in [0, 0.05) is 23.0 Å². The van der Waals surface area contributed by atoms with Crippen molar-refractivity contribution in [2.24, 2.45) is 0 Å². The summed E-state index contributed by atoms with van der Waals surface area (Å²) in [4.78, 5) is 12.4. The third-order valence-electron chi connectivity index (χ3n) is 4.19. The van der Waals surface area contributed by atoms with Gasteiger partial charge in [-0.2, -0.15) is 0 Å². The fraction of sp³-hybridized carbons (Fsp3) is 0. The number of fused-ring (bicyclic) bond motifs is 3. The number of rotatable bonds is 3. The van der Waals surface area contributed by atoms with Gasteiger partial charge in [-0.25, -0.2) is 0 Å². The van der Waals surface area contributed by atoms with Gasteiger partial charge in [-0.1, -0.05) is 16.4 Å². The molecule has 1 amide bonds. The molecule has 1 aliphatic rings. The number of aromatic amines is 1. The van der Waals surface area contributed by atoms with Crippen molar-refractivity contribution >= 4 is 39.9 Å². The van der Waals surface area contributed by atoms with E-state index in [0.717, 1.165) is 11.2 Å². The van der Waals surface area contributed by atoms with E-state index in [1.165, 1.54) is 0 Å². The number of nitrogen functional groups attached to an aromatic ring is 1. The van der Waals surface area contributed by atoms with Crippen LogP contribution in [-0.4, -0.2) is 31.5 Å². The Labute approximate surface area is 151 Å². The number of aromatic nitrogens is 5. The Morgan fingerprint density at radius 1 is 1.15 bits per heavy atom. The molecule has 5 rings (SSSR count). The second kappa shape index (κ2) is 5.66. The van der Waals surface area contributed by atoms with Crippen LogP contribution in [0, 0.1) is 0 Å². The molecule has 10 nitrogen and oxygen atoms in total. The highest BCUT2D eigenvalue weighted by molar-refractivity contribution is 6.34. The highest BCUT2D eigenvalue weighted by Gasteiger charge is 2.27. The Morgan fingerprint density at radius 3 is 2.93 bits per heavy atom. The van der Waals surface area contributed by atoms with Gasteiger partial charge in [-0.05, 0) is 30.3 Å². The Balaban J connectivity index is 1.50. The maximum Gasteiger partial charge on any atom is 0.313 e. The molecule has 5 N–H and O–H groups in total. The zero-order valence-electron chi connectivity index (χ0n) is 13.7. The number of benzene rings is 2. The second-order valence-electron chi connectivity index (χ2n) is 5.88. The average Bonchev–Trinajstić information content (AvgIpc) is 3.38. The molecule has 0 atom stereocenters. The minimum absolute atomic E-state index is 0.00124. The standard InChI is InChI=1S/C17H12N8O2/c18-17-24-23-16(27-17)8-2-1-3-9(6-8)19-7-10-13-11(20-15(10)26)4-5-12-14(13)22-25-21-12/h1-7,19H,(H2,18,24)(H,20,26)(H,21,22,25). The molecule has 0 unspecified atom stereocenters. The lowest BCUT2D eigenvalue weighted by molar-refractivity contribution is -0.110. The number of carbonyl (C=O) groups is 1. The van der Waals surface area contributed by atoms with Crippen LogP contribution in [0.1, 0.15) is 5.56 Å². The molecule has 0 fully saturated rings. The molecule has 3 heterocycles. The van der Waals surface area contributed by atoms with Gasteiger partial charge in [-0.3, -0.25) is 9.89 Å². The molecule has 10 heteroatoms. The van der Waals surface area contributed by atoms with Crippen molar-refractivity contribution in [3.05, 3.63) is 48.2 Å². The Morgan fingerprint density at radius 2 is 2.07 bits per heavy atom. The predicted octanol–water partition coefficient (Wildman–Crippen LogP) is 2.00. The molecule has 2 aromatic carbocycles. The topological polar surface area (TPSA) is 148 Å². The fourth-order valence-corrected chi connectivity index (χ4v) is 2.98. The van der Waals surface area contributed by atoms with E-state index in [4.69, 9.17) is 10.2 Å². The third kappa shape index (κ3) is 2.47. The summed E-state index contributed by atoms with van der Waals surface area (Å²) < 4.78 is 5.23. The van der Waals surface area contributed by atoms with E-state index in [2.05, 4.69) is 36.2 Å². The monoisotopic (exact) mass is 360 g/mol. The summed E-state index contributed by atoms with van der Waals surface area (Å²) in [5.41, 5.74) is 10.2. The van der Waals surface area contributed by atoms with Gasteiger partial charge >= 0.3 is 6.01 Å². The third-order valence-corrected chi connectivity index (χ3v) is 4.19. The second-order valence-corrected chi connectivity index (χ2v) is 5.88. The Bertz CT molecular complexity index is 1220. The number of anilines is 3. The maximum absolute atomic E-state index is 12.4. The van der Waals surface area contributed by atoms with Crippen LogP contribution in [0.25, 0.3) is 28.1 Å². The zero-order chi connectivity index (χ0) is 18.4. The first-order valence-corrected chi connectivity index (χ1v) is 8.00. The number of nitrogens with one attached hydrogen (secondary N) is 3. The smallest absolute Gasteiger partial charge is 0.313 e. The summed E-state index contributed by atoms with van der Waals surface area (Å²) in [6.07, 6.45) is 1.64. The van der Waals surface area contributed by atoms with E-state index in [0.29, 0.717) is 33.8 Å². The van der Waals surface area contributed by atoms with Gasteiger partial charge in [0.1, 0.15) is 5.52 Å². The minimum Gasteiger partial charge on any atom is -0.404 e. The van der Waals surface area contributed by atoms with Crippen LogP contribution < -0.4 is 16.4 Å². The van der Waals surface area contributed by atoms with Crippen LogP contribution in [0.5, 0.6) is 0 Å². The summed E-state index contributed by atoms with van der Waals surface area (Å²) in [5.74, 6) is 0.103. The van der Waals surface area contributed by atoms with Crippen molar-refractivity contribution in [3.8, 4) is 11.5 Å². The Hall–Kier alpha value is -4.21. The number of H-pyrrole nitrogens is 1. The van der Waals surface area contributed by atoms with Crippen LogP contribution in [0.4, 0.5) is 17.4 Å². The van der Waals surface area contributed by atoms with E-state index >= 15 is 0 Å². The van der Waals surface area contributed by atoms with E-state index in [1.54, 1.807) is 6.20 Å². The van der Waals surface area contributed by atoms with Crippen LogP contribution in [0.3, 0.4) is 0 Å². The highest BCUT2D eigenvalue weighted by atomic mass is 16.4. The molecule has 1 aliphatic heterocycles. The lowest BCUT2D eigenvalue weighted by atomic mass is 10.1. The van der Waals surface area contributed by atoms with Crippen molar-refractivity contribution in [3.63, 3.8) is 0 Å². The van der Waals surface area contributed by atoms with Crippen molar-refractivity contribution < 1.29 is 9.21 Å². The zero-order valence-corrected chi connectivity index (χ0v) is 13.7. The molecule has 4 aromatic rings. The molecule has 0 spiro atoms. The largest absolute Gasteiger partial charge is 0.404 e. The average molecular weight is 360 g/mol. The lowest BCUT2D eigenvalue weighted by Crippen LogP contribution is -2.05. The SMILES string of the molecule is Nc1nnc(-c2cccc(NC=C3C(=O)Nc4ccc5[nH]nnc5c43)c2)o1. The molecule has 0 saturated carbocycles. The van der Waals surface area contributed by atoms with Crippen molar-refractivity contribution in [1.29, 1.82) is 0 Å². The summed E-state index contributed by atoms with van der Waals surface area (Å²) in [6.45, 7) is 0. The molecule has 27 heavy (non-hydrogen) atoms. The van der Waals surface area contributed by atoms with Gasteiger partial charge in [0.05, 0.1) is 16.8 Å². The van der Waals surface area contributed by atoms with E-state index in [9.17, 15) is 4.79 Å². The highest BCUT2D eigenvalue weighted by Crippen LogP contribution is 2.36. The van der Waals surface area contributed by atoms with Crippen LogP contribution in [0.2, 0.25) is 0 Å². The van der Waals surface area contributed by atoms with Crippen LogP contribution in [0.15, 0.2) is 47.0 Å². The van der Waals surface area contributed by atoms with Crippen LogP contribution >= 0.6 is 0 Å². The number of amides is 1. The first kappa shape index (κ1) is 15.1. The van der Waals surface area contributed by atoms with E-state index < -0.39 is 0 Å². The lowest BCUT2D eigenvalue weighted by Gasteiger charge is -2.04. The summed E-state index contributed by atoms with van der Waals surface area (Å²) in [6, 6.07) is 11.0. The summed E-state index contributed by atoms with van der Waals surface area (Å²) in [7, 11) is 0. The predicted molar refractivity (Wildman–Crippen MR) is 98.3 cm³/mol. The minimum atomic E-state index is -0.214. The number of hydrogen-bond acceptors (Lipinski definition) is 8. The molecule has 0 bridgehead atoms. The van der Waals surface area contributed by atoms with Crippen molar-refractivity contribution in [2.45, 2.75) is 0 Å². The molecule has 0 saturated heterocycles. The normalized spacial score (nSPS) is 14.5. The summed E-state index contributed by atoms with van der Waals surface area (Å²) >= 11 is 0. The molecular formula is C17H12N8O2. The van der Waals surface area contributed by atoms with Crippen molar-refractivity contribution in [2.75, 3.05) is 16.4 Å². The number of nitrogens with zero attached hydrogens (tertiary/aromatic N) is 4. The van der Waals surface area contributed by atoms with Crippen LogP contribution in [-0.2, 0) is 4.79 Å². The summed E-state index contributed by atoms with van der Waals surface area (Å²) in [5, 5.41) is 24.2. The molecular weight excluding hydrogens is 348 g/mol. The van der Waals surface area contributed by atoms with Gasteiger partial charge in [0.15, 0.2) is 0 Å². The van der Waals surface area contributed by atoms with Gasteiger partial charge in [-0.15, -0.1) is 10.2 Å². The van der Waals surface area contributed by atoms with Gasteiger partial charge < -0.3 is 20.8 Å². The maximum atomic E-state index is 12.4. The molecule has 132 valence electrons. The number of nitrogens with two attached hydrogens (primary N) is 1. The Kier molecular flexibility index (Phi) is 3.16. The molecule has 2 aromatic heterocycles. The quantitative estimate of drug-likeness (QED) is 0.405. The van der Waals surface area contributed by atoms with Crippen molar-refractivity contribution in [1.82, 2.24) is 25.6 Å². The molecule has 0 radical (unpaired) electrons. The first-order valence-electron chi connectivity index (χ1n) is 8.00. The van der Waals surface area contributed by atoms with E-state index in [-0.39, 0.29) is 11.9 Å². The number of hydrogen-bond donors (Lipinski definition) is 4. The number of carbonyl (C=O) groups excluding carboxylic acids is 1.